The average molecular weight is 621 g/mol. The van der Waals surface area contributed by atoms with Crippen molar-refractivity contribution in [2.24, 2.45) is 5.14 Å². The van der Waals surface area contributed by atoms with Gasteiger partial charge >= 0.3 is 8.25 Å². The summed E-state index contributed by atoms with van der Waals surface area (Å²) in [6.45, 7) is 0. The van der Waals surface area contributed by atoms with E-state index in [9.17, 15) is 22.7 Å². The molecule has 0 fully saturated rings. The van der Waals surface area contributed by atoms with Gasteiger partial charge in [-0.2, -0.15) is 5.10 Å². The van der Waals surface area contributed by atoms with Crippen LogP contribution in [0.2, 0.25) is 0 Å². The molecule has 0 bridgehead atoms. The normalized spacial score (nSPS) is 13.1. The summed E-state index contributed by atoms with van der Waals surface area (Å²) >= 11 is 3.32. The van der Waals surface area contributed by atoms with Gasteiger partial charge in [0.2, 0.25) is 10.0 Å². The highest BCUT2D eigenvalue weighted by Crippen LogP contribution is 2.30. The third-order valence-electron chi connectivity index (χ3n) is 5.37. The van der Waals surface area contributed by atoms with Crippen LogP contribution >= 0.6 is 24.2 Å². The fourth-order valence-corrected chi connectivity index (χ4v) is 4.74. The monoisotopic (exact) mass is 620 g/mol. The first-order chi connectivity index (χ1) is 18.0. The number of primary sulfonamides is 1. The predicted octanol–water partition coefficient (Wildman–Crippen LogP) is 3.79. The zero-order chi connectivity index (χ0) is 27.4. The SMILES string of the molecule is COc1cccc(-c2cc(C(=O)NC(O[PH](=O)O)c3ccc(Br)cc3)nn2-c2ccc(S(N)(=O)=O)cc2)c1. The van der Waals surface area contributed by atoms with E-state index in [0.29, 0.717) is 28.3 Å². The summed E-state index contributed by atoms with van der Waals surface area (Å²) < 4.78 is 47.5. The van der Waals surface area contributed by atoms with Gasteiger partial charge in [0.15, 0.2) is 11.9 Å². The summed E-state index contributed by atoms with van der Waals surface area (Å²) in [5, 5.41) is 12.2. The molecule has 0 saturated carbocycles. The Hall–Kier alpha value is -3.32. The van der Waals surface area contributed by atoms with Gasteiger partial charge in [0, 0.05) is 15.6 Å². The highest BCUT2D eigenvalue weighted by Gasteiger charge is 2.23. The number of nitrogens with zero attached hydrogens (tertiary/aromatic N) is 2. The van der Waals surface area contributed by atoms with Gasteiger partial charge in [-0.1, -0.05) is 40.2 Å². The van der Waals surface area contributed by atoms with Crippen molar-refractivity contribution in [2.45, 2.75) is 11.1 Å². The average Bonchev–Trinajstić information content (AvgIpc) is 3.34. The Balaban J connectivity index is 1.75. The molecule has 4 N–H and O–H groups in total. The van der Waals surface area contributed by atoms with Gasteiger partial charge in [0.05, 0.1) is 23.4 Å². The molecule has 4 rings (SSSR count). The molecule has 0 aliphatic carbocycles. The Morgan fingerprint density at radius 2 is 1.79 bits per heavy atom. The lowest BCUT2D eigenvalue weighted by molar-refractivity contribution is 0.0817. The molecule has 14 heteroatoms. The van der Waals surface area contributed by atoms with E-state index >= 15 is 0 Å². The number of aromatic nitrogens is 2. The fraction of sp³-hybridized carbons (Fsp3) is 0.0833. The van der Waals surface area contributed by atoms with Crippen molar-refractivity contribution >= 4 is 40.1 Å². The Labute approximate surface area is 227 Å². The topological polar surface area (TPSA) is 163 Å². The summed E-state index contributed by atoms with van der Waals surface area (Å²) in [7, 11) is -5.78. The maximum atomic E-state index is 13.2. The number of nitrogens with one attached hydrogen (secondary N) is 1. The molecule has 2 unspecified atom stereocenters. The third kappa shape index (κ3) is 6.57. The van der Waals surface area contributed by atoms with Gasteiger partial charge in [-0.15, -0.1) is 0 Å². The number of halogens is 1. The molecule has 4 aromatic rings. The lowest BCUT2D eigenvalue weighted by atomic mass is 10.1. The molecule has 1 aromatic heterocycles. The second-order valence-electron chi connectivity index (χ2n) is 7.89. The first kappa shape index (κ1) is 27.7. The molecule has 0 aliphatic rings. The lowest BCUT2D eigenvalue weighted by Crippen LogP contribution is -2.29. The Morgan fingerprint density at radius 1 is 1.11 bits per heavy atom. The fourth-order valence-electron chi connectivity index (χ4n) is 3.57. The predicted molar refractivity (Wildman–Crippen MR) is 144 cm³/mol. The standard InChI is InChI=1S/C24H22BrN4O7PS/c1-35-19-4-2-3-16(13-19)22-14-21(28-29(22)18-9-11-20(12-10-18)38(26,33)34)23(30)27-24(36-37(31)32)15-5-7-17(25)8-6-15/h2-14,24,37H,1H3,(H,27,30)(H,31,32)(H2,26,33,34). The molecule has 0 spiro atoms. The Morgan fingerprint density at radius 3 is 2.39 bits per heavy atom. The minimum absolute atomic E-state index is 0.0262. The van der Waals surface area contributed by atoms with Crippen molar-refractivity contribution in [1.82, 2.24) is 15.1 Å². The van der Waals surface area contributed by atoms with Crippen LogP contribution in [0.15, 0.2) is 88.2 Å². The maximum absolute atomic E-state index is 13.2. The van der Waals surface area contributed by atoms with Crippen molar-refractivity contribution in [2.75, 3.05) is 7.11 Å². The molecule has 0 radical (unpaired) electrons. The number of hydrogen-bond donors (Lipinski definition) is 3. The summed E-state index contributed by atoms with van der Waals surface area (Å²) in [4.78, 5) is 22.5. The Bertz CT molecular complexity index is 1590. The number of carbonyl (C=O) groups is 1. The molecule has 0 aliphatic heterocycles. The van der Waals surface area contributed by atoms with Crippen molar-refractivity contribution in [1.29, 1.82) is 0 Å². The molecule has 2 atom stereocenters. The van der Waals surface area contributed by atoms with Crippen molar-refractivity contribution in [3.8, 4) is 22.7 Å². The molecule has 11 nitrogen and oxygen atoms in total. The summed E-state index contributed by atoms with van der Waals surface area (Å²) in [6, 6.07) is 20.9. The molecule has 198 valence electrons. The van der Waals surface area contributed by atoms with Crippen LogP contribution in [0.5, 0.6) is 5.75 Å². The first-order valence-electron chi connectivity index (χ1n) is 10.9. The van der Waals surface area contributed by atoms with Gasteiger partial charge in [-0.3, -0.25) is 13.9 Å². The summed E-state index contributed by atoms with van der Waals surface area (Å²) in [6.07, 6.45) is -1.22. The number of amides is 1. The number of methoxy groups -OCH3 is 1. The van der Waals surface area contributed by atoms with Crippen LogP contribution in [-0.2, 0) is 19.1 Å². The maximum Gasteiger partial charge on any atom is 0.318 e. The largest absolute Gasteiger partial charge is 0.497 e. The van der Waals surface area contributed by atoms with Crippen LogP contribution in [0, 0.1) is 0 Å². The van der Waals surface area contributed by atoms with Gasteiger partial charge < -0.3 is 14.9 Å². The van der Waals surface area contributed by atoms with Crippen LogP contribution in [0.25, 0.3) is 16.9 Å². The van der Waals surface area contributed by atoms with Crippen molar-refractivity contribution in [3.05, 3.63) is 94.6 Å². The Kier molecular flexibility index (Phi) is 8.46. The van der Waals surface area contributed by atoms with Crippen molar-refractivity contribution < 1.29 is 31.9 Å². The van der Waals surface area contributed by atoms with Crippen LogP contribution in [0.4, 0.5) is 0 Å². The number of rotatable bonds is 9. The van der Waals surface area contributed by atoms with Crippen LogP contribution < -0.4 is 15.2 Å². The minimum Gasteiger partial charge on any atom is -0.497 e. The van der Waals surface area contributed by atoms with E-state index in [1.54, 1.807) is 48.5 Å². The van der Waals surface area contributed by atoms with E-state index < -0.39 is 30.4 Å². The number of ether oxygens (including phenoxy) is 1. The number of hydrogen-bond acceptors (Lipinski definition) is 7. The van der Waals surface area contributed by atoms with Gasteiger partial charge in [0.1, 0.15) is 5.75 Å². The van der Waals surface area contributed by atoms with E-state index in [1.807, 2.05) is 0 Å². The van der Waals surface area contributed by atoms with E-state index in [-0.39, 0.29) is 10.6 Å². The number of benzene rings is 3. The number of sulfonamides is 1. The van der Waals surface area contributed by atoms with E-state index in [0.717, 1.165) is 4.47 Å². The molecule has 1 heterocycles. The second kappa shape index (κ2) is 11.6. The van der Waals surface area contributed by atoms with Crippen molar-refractivity contribution in [3.63, 3.8) is 0 Å². The molecule has 38 heavy (non-hydrogen) atoms. The smallest absolute Gasteiger partial charge is 0.318 e. The molecule has 0 saturated heterocycles. The molecular weight excluding hydrogens is 599 g/mol. The van der Waals surface area contributed by atoms with Crippen LogP contribution in [0.3, 0.4) is 0 Å². The van der Waals surface area contributed by atoms with Gasteiger partial charge in [0.25, 0.3) is 5.91 Å². The van der Waals surface area contributed by atoms with Crippen LogP contribution in [0.1, 0.15) is 22.3 Å². The highest BCUT2D eigenvalue weighted by atomic mass is 79.9. The van der Waals surface area contributed by atoms with Gasteiger partial charge in [-0.25, -0.2) is 18.2 Å². The lowest BCUT2D eigenvalue weighted by Gasteiger charge is -2.17. The van der Waals surface area contributed by atoms with E-state index in [1.165, 1.54) is 42.1 Å². The van der Waals surface area contributed by atoms with Crippen LogP contribution in [-0.4, -0.2) is 36.1 Å². The number of nitrogens with two attached hydrogens (primary N) is 1. The van der Waals surface area contributed by atoms with E-state index in [4.69, 9.17) is 14.4 Å². The zero-order valence-electron chi connectivity index (χ0n) is 19.7. The quantitative estimate of drug-likeness (QED) is 0.188. The summed E-state index contributed by atoms with van der Waals surface area (Å²) in [5.74, 6) is -0.104. The second-order valence-corrected chi connectivity index (χ2v) is 11.1. The van der Waals surface area contributed by atoms with E-state index in [2.05, 4.69) is 26.3 Å². The molecule has 1 amide bonds. The van der Waals surface area contributed by atoms with Gasteiger partial charge in [-0.05, 0) is 54.6 Å². The molecular formula is C24H22BrN4O7PS. The summed E-state index contributed by atoms with van der Waals surface area (Å²) in [5.41, 5.74) is 2.03. The number of carbonyl (C=O) groups excluding carboxylic acids is 1. The third-order valence-corrected chi connectivity index (χ3v) is 7.27. The zero-order valence-corrected chi connectivity index (χ0v) is 23.1. The molecule has 3 aromatic carbocycles. The highest BCUT2D eigenvalue weighted by molar-refractivity contribution is 9.10. The first-order valence-corrected chi connectivity index (χ1v) is 14.5. The minimum atomic E-state index is -3.90.